The molecule has 3 heterocycles. The predicted molar refractivity (Wildman–Crippen MR) is 105 cm³/mol. The van der Waals surface area contributed by atoms with Crippen LogP contribution in [0.15, 0.2) is 59.4 Å². The minimum absolute atomic E-state index is 0.0897. The first kappa shape index (κ1) is 18.0. The summed E-state index contributed by atoms with van der Waals surface area (Å²) in [6, 6.07) is 13.5. The first-order valence-corrected chi connectivity index (χ1v) is 9.30. The molecule has 144 valence electrons. The quantitative estimate of drug-likeness (QED) is 0.735. The number of piperidine rings is 1. The van der Waals surface area contributed by atoms with Gasteiger partial charge in [0.2, 0.25) is 0 Å². The molecular weight excluding hydrogens is 356 g/mol. The van der Waals surface area contributed by atoms with Crippen molar-refractivity contribution in [2.24, 2.45) is 0 Å². The maximum atomic E-state index is 12.1. The van der Waals surface area contributed by atoms with E-state index < -0.39 is 0 Å². The molecule has 1 amide bonds. The third-order valence-electron chi connectivity index (χ3n) is 4.97. The summed E-state index contributed by atoms with van der Waals surface area (Å²) in [5.74, 6) is 1.53. The van der Waals surface area contributed by atoms with E-state index in [4.69, 9.17) is 9.15 Å². The molecule has 1 aromatic carbocycles. The second-order valence-corrected chi connectivity index (χ2v) is 6.72. The van der Waals surface area contributed by atoms with E-state index >= 15 is 0 Å². The number of anilines is 1. The lowest BCUT2D eigenvalue weighted by atomic mass is 10.0. The summed E-state index contributed by atoms with van der Waals surface area (Å²) in [4.78, 5) is 14.3. The number of aromatic nitrogens is 2. The third kappa shape index (κ3) is 3.83. The molecule has 0 bridgehead atoms. The molecule has 0 unspecified atom stereocenters. The number of ether oxygens (including phenoxy) is 1. The van der Waals surface area contributed by atoms with Crippen LogP contribution in [0.2, 0.25) is 0 Å². The Morgan fingerprint density at radius 2 is 1.96 bits per heavy atom. The molecule has 7 nitrogen and oxygen atoms in total. The van der Waals surface area contributed by atoms with Crippen molar-refractivity contribution >= 4 is 11.7 Å². The van der Waals surface area contributed by atoms with Gasteiger partial charge in [-0.2, -0.15) is 0 Å². The van der Waals surface area contributed by atoms with Crippen LogP contribution in [0.1, 0.15) is 23.2 Å². The summed E-state index contributed by atoms with van der Waals surface area (Å²) in [6.45, 7) is 1.64. The number of hydrogen-bond donors (Lipinski definition) is 1. The average molecular weight is 378 g/mol. The zero-order valence-electron chi connectivity index (χ0n) is 15.7. The van der Waals surface area contributed by atoms with Crippen molar-refractivity contribution in [2.45, 2.75) is 18.9 Å². The Morgan fingerprint density at radius 3 is 2.64 bits per heavy atom. The van der Waals surface area contributed by atoms with Crippen molar-refractivity contribution < 1.29 is 13.9 Å². The van der Waals surface area contributed by atoms with E-state index in [1.165, 1.54) is 12.5 Å². The molecule has 4 rings (SSSR count). The van der Waals surface area contributed by atoms with Gasteiger partial charge >= 0.3 is 0 Å². The molecule has 28 heavy (non-hydrogen) atoms. The highest BCUT2D eigenvalue weighted by Crippen LogP contribution is 2.28. The second kappa shape index (κ2) is 8.12. The van der Waals surface area contributed by atoms with Crippen molar-refractivity contribution in [1.82, 2.24) is 15.5 Å². The fourth-order valence-corrected chi connectivity index (χ4v) is 3.41. The number of methoxy groups -OCH3 is 1. The van der Waals surface area contributed by atoms with Crippen molar-refractivity contribution in [2.75, 3.05) is 25.1 Å². The van der Waals surface area contributed by atoms with Crippen LogP contribution in [0, 0.1) is 0 Å². The van der Waals surface area contributed by atoms with E-state index in [2.05, 4.69) is 20.4 Å². The number of amides is 1. The van der Waals surface area contributed by atoms with Gasteiger partial charge in [-0.3, -0.25) is 4.79 Å². The maximum absolute atomic E-state index is 12.1. The monoisotopic (exact) mass is 378 g/mol. The van der Waals surface area contributed by atoms with Gasteiger partial charge in [-0.05, 0) is 43.2 Å². The first-order valence-electron chi connectivity index (χ1n) is 9.30. The molecule has 7 heteroatoms. The number of furan rings is 1. The fourth-order valence-electron chi connectivity index (χ4n) is 3.41. The molecule has 0 spiro atoms. The fraction of sp³-hybridized carbons (Fsp3) is 0.286. The average Bonchev–Trinajstić information content (AvgIpc) is 3.30. The molecule has 0 aliphatic carbocycles. The molecular formula is C21H22N4O3. The number of carbonyl (C=O) groups is 1. The van der Waals surface area contributed by atoms with Crippen LogP contribution < -0.4 is 15.0 Å². The normalized spacial score (nSPS) is 14.7. The lowest BCUT2D eigenvalue weighted by molar-refractivity contribution is 0.0930. The number of carbonyl (C=O) groups excluding carboxylic acids is 1. The highest BCUT2D eigenvalue weighted by molar-refractivity contribution is 5.93. The van der Waals surface area contributed by atoms with Gasteiger partial charge in [0, 0.05) is 24.7 Å². The third-order valence-corrected chi connectivity index (χ3v) is 4.97. The zero-order valence-corrected chi connectivity index (χ0v) is 15.7. The number of hydrogen-bond acceptors (Lipinski definition) is 6. The molecule has 1 aliphatic heterocycles. The molecule has 3 aromatic rings. The predicted octanol–water partition coefficient (Wildman–Crippen LogP) is 3.14. The van der Waals surface area contributed by atoms with E-state index in [9.17, 15) is 4.79 Å². The largest absolute Gasteiger partial charge is 0.496 e. The smallest absolute Gasteiger partial charge is 0.254 e. The standard InChI is InChI=1S/C21H22N4O3/c1-27-19-5-3-2-4-17(19)18-6-7-20(24-23-18)25-11-8-16(9-12-25)22-21(26)15-10-13-28-14-15/h2-7,10,13-14,16H,8-9,11-12H2,1H3,(H,22,26). The number of nitrogens with one attached hydrogen (secondary N) is 1. The first-order chi connectivity index (χ1) is 13.7. The van der Waals surface area contributed by atoms with Gasteiger partial charge in [0.25, 0.3) is 5.91 Å². The lowest BCUT2D eigenvalue weighted by Crippen LogP contribution is -2.44. The Morgan fingerprint density at radius 1 is 1.14 bits per heavy atom. The Balaban J connectivity index is 1.36. The van der Waals surface area contributed by atoms with Gasteiger partial charge in [0.1, 0.15) is 12.0 Å². The SMILES string of the molecule is COc1ccccc1-c1ccc(N2CCC(NC(=O)c3ccoc3)CC2)nn1. The van der Waals surface area contributed by atoms with E-state index in [0.29, 0.717) is 5.56 Å². The molecule has 1 N–H and O–H groups in total. The summed E-state index contributed by atoms with van der Waals surface area (Å²) < 4.78 is 10.4. The van der Waals surface area contributed by atoms with Crippen molar-refractivity contribution in [3.8, 4) is 17.0 Å². The molecule has 0 atom stereocenters. The van der Waals surface area contributed by atoms with Crippen LogP contribution in [0.3, 0.4) is 0 Å². The van der Waals surface area contributed by atoms with Crippen LogP contribution in [0.25, 0.3) is 11.3 Å². The Bertz CT molecular complexity index is 917. The van der Waals surface area contributed by atoms with Crippen LogP contribution >= 0.6 is 0 Å². The van der Waals surface area contributed by atoms with Gasteiger partial charge in [-0.15, -0.1) is 10.2 Å². The zero-order chi connectivity index (χ0) is 19.3. The Labute approximate surface area is 163 Å². The second-order valence-electron chi connectivity index (χ2n) is 6.72. The number of para-hydroxylation sites is 1. The van der Waals surface area contributed by atoms with Gasteiger partial charge in [0.15, 0.2) is 5.82 Å². The number of benzene rings is 1. The maximum Gasteiger partial charge on any atom is 0.254 e. The summed E-state index contributed by atoms with van der Waals surface area (Å²) >= 11 is 0. The molecule has 1 aliphatic rings. The lowest BCUT2D eigenvalue weighted by Gasteiger charge is -2.32. The van der Waals surface area contributed by atoms with Crippen molar-refractivity contribution in [3.63, 3.8) is 0 Å². The summed E-state index contributed by atoms with van der Waals surface area (Å²) in [5.41, 5.74) is 2.26. The molecule has 0 saturated carbocycles. The van der Waals surface area contributed by atoms with Crippen LogP contribution in [-0.2, 0) is 0 Å². The van der Waals surface area contributed by atoms with Gasteiger partial charge in [-0.25, -0.2) is 0 Å². The molecule has 0 radical (unpaired) electrons. The number of nitrogens with zero attached hydrogens (tertiary/aromatic N) is 3. The van der Waals surface area contributed by atoms with E-state index in [1.807, 2.05) is 36.4 Å². The van der Waals surface area contributed by atoms with Crippen LogP contribution in [-0.4, -0.2) is 42.3 Å². The highest BCUT2D eigenvalue weighted by Gasteiger charge is 2.22. The van der Waals surface area contributed by atoms with E-state index in [1.54, 1.807) is 13.2 Å². The molecule has 1 saturated heterocycles. The number of rotatable bonds is 5. The highest BCUT2D eigenvalue weighted by atomic mass is 16.5. The minimum Gasteiger partial charge on any atom is -0.496 e. The summed E-state index contributed by atoms with van der Waals surface area (Å²) in [5, 5.41) is 11.8. The van der Waals surface area contributed by atoms with Gasteiger partial charge < -0.3 is 19.4 Å². The summed E-state index contributed by atoms with van der Waals surface area (Å²) in [7, 11) is 1.65. The Hall–Kier alpha value is -3.35. The van der Waals surface area contributed by atoms with Gasteiger partial charge in [0.05, 0.1) is 24.6 Å². The topological polar surface area (TPSA) is 80.5 Å². The van der Waals surface area contributed by atoms with E-state index in [0.717, 1.165) is 48.8 Å². The summed E-state index contributed by atoms with van der Waals surface area (Å²) in [6.07, 6.45) is 4.69. The van der Waals surface area contributed by atoms with Crippen molar-refractivity contribution in [3.05, 3.63) is 60.6 Å². The molecule has 1 fully saturated rings. The van der Waals surface area contributed by atoms with Crippen molar-refractivity contribution in [1.29, 1.82) is 0 Å². The van der Waals surface area contributed by atoms with Gasteiger partial charge in [-0.1, -0.05) is 12.1 Å². The van der Waals surface area contributed by atoms with E-state index in [-0.39, 0.29) is 11.9 Å². The molecule has 2 aromatic heterocycles. The van der Waals surface area contributed by atoms with Crippen LogP contribution in [0.4, 0.5) is 5.82 Å². The Kier molecular flexibility index (Phi) is 5.23. The van der Waals surface area contributed by atoms with Crippen LogP contribution in [0.5, 0.6) is 5.75 Å². The minimum atomic E-state index is -0.0897.